The lowest BCUT2D eigenvalue weighted by atomic mass is 10.1. The number of halogens is 2. The molecule has 1 aromatic rings. The van der Waals surface area contributed by atoms with Crippen LogP contribution in [0.25, 0.3) is 0 Å². The Hall–Kier alpha value is -0.210. The monoisotopic (exact) mass is 304 g/mol. The van der Waals surface area contributed by atoms with E-state index in [0.29, 0.717) is 5.88 Å². The van der Waals surface area contributed by atoms with E-state index in [1.54, 1.807) is 0 Å². The zero-order valence-corrected chi connectivity index (χ0v) is 12.4. The van der Waals surface area contributed by atoms with Gasteiger partial charge in [0, 0.05) is 10.0 Å². The Morgan fingerprint density at radius 3 is 2.44 bits per heavy atom. The third kappa shape index (κ3) is 3.39. The maximum atomic E-state index is 6.02. The zero-order chi connectivity index (χ0) is 12.1. The molecule has 0 unspecified atom stereocenters. The number of rotatable bonds is 5. The van der Waals surface area contributed by atoms with Gasteiger partial charge in [0.15, 0.2) is 0 Å². The summed E-state index contributed by atoms with van der Waals surface area (Å²) >= 11 is 9.42. The van der Waals surface area contributed by atoms with Crippen LogP contribution < -0.4 is 4.74 Å². The van der Waals surface area contributed by atoms with Crippen molar-refractivity contribution < 1.29 is 4.74 Å². The van der Waals surface area contributed by atoms with Gasteiger partial charge >= 0.3 is 0 Å². The Morgan fingerprint density at radius 2 is 1.94 bits per heavy atom. The van der Waals surface area contributed by atoms with Crippen molar-refractivity contribution in [3.63, 3.8) is 0 Å². The molecule has 0 radical (unpaired) electrons. The van der Waals surface area contributed by atoms with Crippen molar-refractivity contribution in [3.05, 3.63) is 27.7 Å². The first-order chi connectivity index (χ1) is 7.62. The second kappa shape index (κ2) is 6.51. The van der Waals surface area contributed by atoms with E-state index in [1.165, 1.54) is 0 Å². The molecule has 1 aromatic carbocycles. The summed E-state index contributed by atoms with van der Waals surface area (Å²) in [6.45, 7) is 6.34. The maximum Gasteiger partial charge on any atom is 0.127 e. The molecule has 0 aliphatic heterocycles. The fourth-order valence-corrected chi connectivity index (χ4v) is 2.51. The zero-order valence-electron chi connectivity index (χ0n) is 10.0. The topological polar surface area (TPSA) is 9.23 Å². The number of benzene rings is 1. The van der Waals surface area contributed by atoms with E-state index in [4.69, 9.17) is 16.3 Å². The predicted molar refractivity (Wildman–Crippen MR) is 73.4 cm³/mol. The minimum Gasteiger partial charge on any atom is -0.490 e. The van der Waals surface area contributed by atoms with Gasteiger partial charge in [0.25, 0.3) is 0 Å². The lowest BCUT2D eigenvalue weighted by Gasteiger charge is -2.20. The molecular formula is C13H18BrClO. The first kappa shape index (κ1) is 13.9. The van der Waals surface area contributed by atoms with Crippen LogP contribution in [0.5, 0.6) is 5.75 Å². The molecule has 0 saturated carbocycles. The van der Waals surface area contributed by atoms with Gasteiger partial charge in [-0.1, -0.05) is 29.8 Å². The van der Waals surface area contributed by atoms with E-state index in [9.17, 15) is 0 Å². The first-order valence-corrected chi connectivity index (χ1v) is 6.96. The highest BCUT2D eigenvalue weighted by Gasteiger charge is 2.12. The van der Waals surface area contributed by atoms with E-state index in [0.717, 1.165) is 34.2 Å². The third-order valence-corrected chi connectivity index (χ3v) is 3.40. The molecule has 3 heteroatoms. The molecule has 1 nitrogen and oxygen atoms in total. The SMILES string of the molecule is CCC(CC)Oc1c(C)cc(Br)cc1CCl. The van der Waals surface area contributed by atoms with Crippen LogP contribution in [0.1, 0.15) is 37.8 Å². The summed E-state index contributed by atoms with van der Waals surface area (Å²) in [5.74, 6) is 1.43. The molecule has 0 bridgehead atoms. The average molecular weight is 306 g/mol. The molecule has 0 spiro atoms. The molecule has 0 aliphatic carbocycles. The Morgan fingerprint density at radius 1 is 1.31 bits per heavy atom. The molecule has 90 valence electrons. The van der Waals surface area contributed by atoms with Crippen molar-refractivity contribution in [2.24, 2.45) is 0 Å². The van der Waals surface area contributed by atoms with Crippen LogP contribution in [0.2, 0.25) is 0 Å². The van der Waals surface area contributed by atoms with Crippen molar-refractivity contribution in [1.29, 1.82) is 0 Å². The van der Waals surface area contributed by atoms with Crippen LogP contribution in [0.3, 0.4) is 0 Å². The van der Waals surface area contributed by atoms with Crippen molar-refractivity contribution in [1.82, 2.24) is 0 Å². The lowest BCUT2D eigenvalue weighted by molar-refractivity contribution is 0.190. The number of alkyl halides is 1. The molecule has 0 aliphatic rings. The summed E-state index contributed by atoms with van der Waals surface area (Å²) in [7, 11) is 0. The van der Waals surface area contributed by atoms with Crippen molar-refractivity contribution >= 4 is 27.5 Å². The van der Waals surface area contributed by atoms with Gasteiger partial charge in [-0.3, -0.25) is 0 Å². The summed E-state index contributed by atoms with van der Waals surface area (Å²) in [4.78, 5) is 0. The molecule has 0 saturated heterocycles. The summed E-state index contributed by atoms with van der Waals surface area (Å²) < 4.78 is 7.07. The molecule has 0 heterocycles. The van der Waals surface area contributed by atoms with Crippen LogP contribution in [0.4, 0.5) is 0 Å². The van der Waals surface area contributed by atoms with Gasteiger partial charge in [-0.25, -0.2) is 0 Å². The van der Waals surface area contributed by atoms with Gasteiger partial charge < -0.3 is 4.74 Å². The van der Waals surface area contributed by atoms with E-state index in [1.807, 2.05) is 6.07 Å². The standard InChI is InChI=1S/C13H18BrClO/c1-4-12(5-2)16-13-9(3)6-11(14)7-10(13)8-15/h6-7,12H,4-5,8H2,1-3H3. The van der Waals surface area contributed by atoms with Crippen LogP contribution in [0.15, 0.2) is 16.6 Å². The Bertz CT molecular complexity index is 348. The van der Waals surface area contributed by atoms with E-state index >= 15 is 0 Å². The van der Waals surface area contributed by atoms with E-state index in [2.05, 4.69) is 42.8 Å². The molecule has 0 atom stereocenters. The quantitative estimate of drug-likeness (QED) is 0.691. The van der Waals surface area contributed by atoms with E-state index in [-0.39, 0.29) is 6.10 Å². The number of hydrogen-bond donors (Lipinski definition) is 0. The summed E-state index contributed by atoms with van der Waals surface area (Å²) in [6, 6.07) is 4.09. The van der Waals surface area contributed by atoms with Gasteiger partial charge in [-0.2, -0.15) is 0 Å². The van der Waals surface area contributed by atoms with E-state index < -0.39 is 0 Å². The Labute approximate surface area is 111 Å². The lowest BCUT2D eigenvalue weighted by Crippen LogP contribution is -2.15. The first-order valence-electron chi connectivity index (χ1n) is 5.64. The summed E-state index contributed by atoms with van der Waals surface area (Å²) in [5, 5.41) is 0. The molecule has 0 amide bonds. The highest BCUT2D eigenvalue weighted by molar-refractivity contribution is 9.10. The highest BCUT2D eigenvalue weighted by Crippen LogP contribution is 2.30. The fraction of sp³-hybridized carbons (Fsp3) is 0.538. The smallest absolute Gasteiger partial charge is 0.127 e. The summed E-state index contributed by atoms with van der Waals surface area (Å²) in [5.41, 5.74) is 2.19. The highest BCUT2D eigenvalue weighted by atomic mass is 79.9. The Balaban J connectivity index is 3.01. The minimum atomic E-state index is 0.279. The second-order valence-electron chi connectivity index (χ2n) is 3.90. The number of hydrogen-bond acceptors (Lipinski definition) is 1. The van der Waals surface area contributed by atoms with Gasteiger partial charge in [-0.05, 0) is 37.5 Å². The third-order valence-electron chi connectivity index (χ3n) is 2.66. The summed E-state index contributed by atoms with van der Waals surface area (Å²) in [6.07, 6.45) is 2.32. The predicted octanol–water partition coefficient (Wildman–Crippen LogP) is 5.06. The maximum absolute atomic E-state index is 6.02. The normalized spacial score (nSPS) is 10.9. The molecular weight excluding hydrogens is 287 g/mol. The molecule has 0 N–H and O–H groups in total. The second-order valence-corrected chi connectivity index (χ2v) is 5.08. The largest absolute Gasteiger partial charge is 0.490 e. The van der Waals surface area contributed by atoms with Gasteiger partial charge in [0.2, 0.25) is 0 Å². The molecule has 0 fully saturated rings. The molecule has 0 aromatic heterocycles. The fourth-order valence-electron chi connectivity index (χ4n) is 1.69. The molecule has 1 rings (SSSR count). The van der Waals surface area contributed by atoms with Gasteiger partial charge in [0.1, 0.15) is 5.75 Å². The number of ether oxygens (including phenoxy) is 1. The van der Waals surface area contributed by atoms with Crippen LogP contribution in [-0.4, -0.2) is 6.10 Å². The van der Waals surface area contributed by atoms with Crippen LogP contribution in [-0.2, 0) is 5.88 Å². The van der Waals surface area contributed by atoms with Crippen molar-refractivity contribution in [2.75, 3.05) is 0 Å². The van der Waals surface area contributed by atoms with Crippen LogP contribution >= 0.6 is 27.5 Å². The van der Waals surface area contributed by atoms with Crippen molar-refractivity contribution in [2.45, 2.75) is 45.6 Å². The minimum absolute atomic E-state index is 0.279. The van der Waals surface area contributed by atoms with Gasteiger partial charge in [0.05, 0.1) is 12.0 Å². The van der Waals surface area contributed by atoms with Crippen molar-refractivity contribution in [3.8, 4) is 5.75 Å². The van der Waals surface area contributed by atoms with Crippen LogP contribution in [0, 0.1) is 6.92 Å². The average Bonchev–Trinajstić information content (AvgIpc) is 2.27. The van der Waals surface area contributed by atoms with Gasteiger partial charge in [-0.15, -0.1) is 11.6 Å². The number of aryl methyl sites for hydroxylation is 1. The Kier molecular flexibility index (Phi) is 5.63. The molecule has 16 heavy (non-hydrogen) atoms.